The highest BCUT2D eigenvalue weighted by molar-refractivity contribution is 8.00. The second-order valence-electron chi connectivity index (χ2n) is 3.14. The molecule has 0 heterocycles. The van der Waals surface area contributed by atoms with E-state index in [0.29, 0.717) is 11.0 Å². The highest BCUT2D eigenvalue weighted by Crippen LogP contribution is 2.27. The number of carbonyl (C=O) groups is 1. The Balaban J connectivity index is 2.09. The Hall–Kier alpha value is -0.220. The SMILES string of the molecule is NNC(=O)CSC1CCCCC1. The number of nitrogens with two attached hydrogens (primary N) is 1. The van der Waals surface area contributed by atoms with Gasteiger partial charge < -0.3 is 0 Å². The first kappa shape index (κ1) is 9.86. The molecule has 1 fully saturated rings. The van der Waals surface area contributed by atoms with Crippen molar-refractivity contribution >= 4 is 17.7 Å². The summed E-state index contributed by atoms with van der Waals surface area (Å²) in [7, 11) is 0. The van der Waals surface area contributed by atoms with E-state index in [9.17, 15) is 4.79 Å². The van der Waals surface area contributed by atoms with E-state index in [1.165, 1.54) is 32.1 Å². The van der Waals surface area contributed by atoms with Gasteiger partial charge in [-0.1, -0.05) is 19.3 Å². The molecule has 0 unspecified atom stereocenters. The fraction of sp³-hybridized carbons (Fsp3) is 0.875. The number of carbonyl (C=O) groups excluding carboxylic acids is 1. The molecule has 0 aromatic rings. The van der Waals surface area contributed by atoms with Crippen molar-refractivity contribution < 1.29 is 4.79 Å². The van der Waals surface area contributed by atoms with Gasteiger partial charge >= 0.3 is 0 Å². The normalized spacial score (nSPS) is 19.1. The van der Waals surface area contributed by atoms with Crippen molar-refractivity contribution in [2.24, 2.45) is 5.84 Å². The van der Waals surface area contributed by atoms with Crippen molar-refractivity contribution in [3.8, 4) is 0 Å². The zero-order valence-corrected chi connectivity index (χ0v) is 8.03. The number of hydrazine groups is 1. The van der Waals surface area contributed by atoms with Crippen LogP contribution in [0.1, 0.15) is 32.1 Å². The molecule has 0 atom stereocenters. The lowest BCUT2D eigenvalue weighted by atomic mass is 10.0. The number of amides is 1. The van der Waals surface area contributed by atoms with Crippen LogP contribution in [0.5, 0.6) is 0 Å². The zero-order valence-electron chi connectivity index (χ0n) is 7.21. The Morgan fingerprint density at radius 1 is 1.42 bits per heavy atom. The molecule has 0 aromatic carbocycles. The van der Waals surface area contributed by atoms with Crippen molar-refractivity contribution in [3.63, 3.8) is 0 Å². The van der Waals surface area contributed by atoms with E-state index in [4.69, 9.17) is 5.84 Å². The van der Waals surface area contributed by atoms with Crippen molar-refractivity contribution in [1.82, 2.24) is 5.43 Å². The second-order valence-corrected chi connectivity index (χ2v) is 4.43. The van der Waals surface area contributed by atoms with Crippen LogP contribution < -0.4 is 11.3 Å². The molecular weight excluding hydrogens is 172 g/mol. The van der Waals surface area contributed by atoms with Crippen LogP contribution in [0, 0.1) is 0 Å². The van der Waals surface area contributed by atoms with Crippen LogP contribution in [0.15, 0.2) is 0 Å². The summed E-state index contributed by atoms with van der Waals surface area (Å²) in [5.74, 6) is 5.43. The lowest BCUT2D eigenvalue weighted by Gasteiger charge is -2.20. The Labute approximate surface area is 77.4 Å². The van der Waals surface area contributed by atoms with Crippen molar-refractivity contribution in [2.45, 2.75) is 37.4 Å². The summed E-state index contributed by atoms with van der Waals surface area (Å²) in [6.07, 6.45) is 6.54. The van der Waals surface area contributed by atoms with Crippen molar-refractivity contribution in [1.29, 1.82) is 0 Å². The molecule has 4 heteroatoms. The van der Waals surface area contributed by atoms with Crippen LogP contribution in [0.2, 0.25) is 0 Å². The lowest BCUT2D eigenvalue weighted by molar-refractivity contribution is -0.118. The smallest absolute Gasteiger partial charge is 0.243 e. The average Bonchev–Trinajstić information content (AvgIpc) is 2.16. The van der Waals surface area contributed by atoms with Gasteiger partial charge in [0, 0.05) is 5.25 Å². The molecule has 1 rings (SSSR count). The third-order valence-electron chi connectivity index (χ3n) is 2.16. The predicted octanol–water partition coefficient (Wildman–Crippen LogP) is 1.04. The minimum absolute atomic E-state index is 0.0643. The van der Waals surface area contributed by atoms with Gasteiger partial charge in [0.05, 0.1) is 5.75 Å². The summed E-state index contributed by atoms with van der Waals surface area (Å²) in [6, 6.07) is 0. The number of thioether (sulfide) groups is 1. The molecule has 1 aliphatic carbocycles. The predicted molar refractivity (Wildman–Crippen MR) is 51.7 cm³/mol. The van der Waals surface area contributed by atoms with E-state index < -0.39 is 0 Å². The van der Waals surface area contributed by atoms with Crippen molar-refractivity contribution in [3.05, 3.63) is 0 Å². The number of hydrogen-bond donors (Lipinski definition) is 2. The van der Waals surface area contributed by atoms with Gasteiger partial charge in [-0.3, -0.25) is 10.2 Å². The maximum Gasteiger partial charge on any atom is 0.243 e. The zero-order chi connectivity index (χ0) is 8.81. The second kappa shape index (κ2) is 5.43. The number of rotatable bonds is 3. The lowest BCUT2D eigenvalue weighted by Crippen LogP contribution is -2.32. The maximum atomic E-state index is 10.8. The first-order valence-corrected chi connectivity index (χ1v) is 5.49. The Morgan fingerprint density at radius 2 is 2.08 bits per heavy atom. The molecule has 0 saturated heterocycles. The molecule has 0 aromatic heterocycles. The minimum Gasteiger partial charge on any atom is -0.294 e. The van der Waals surface area contributed by atoms with Crippen LogP contribution in [-0.2, 0) is 4.79 Å². The highest BCUT2D eigenvalue weighted by atomic mass is 32.2. The van der Waals surface area contributed by atoms with Crippen LogP contribution in [0.4, 0.5) is 0 Å². The minimum atomic E-state index is -0.0643. The van der Waals surface area contributed by atoms with Gasteiger partial charge in [0.1, 0.15) is 0 Å². The topological polar surface area (TPSA) is 55.1 Å². The monoisotopic (exact) mass is 188 g/mol. The fourth-order valence-corrected chi connectivity index (χ4v) is 2.60. The van der Waals surface area contributed by atoms with Gasteiger partial charge in [-0.15, -0.1) is 11.8 Å². The van der Waals surface area contributed by atoms with Gasteiger partial charge in [0.2, 0.25) is 5.91 Å². The quantitative estimate of drug-likeness (QED) is 0.395. The van der Waals surface area contributed by atoms with Gasteiger partial charge in [0.25, 0.3) is 0 Å². The highest BCUT2D eigenvalue weighted by Gasteiger charge is 2.14. The summed E-state index contributed by atoms with van der Waals surface area (Å²) in [5, 5.41) is 0.691. The third kappa shape index (κ3) is 3.45. The van der Waals surface area contributed by atoms with E-state index in [1.54, 1.807) is 11.8 Å². The van der Waals surface area contributed by atoms with E-state index >= 15 is 0 Å². The van der Waals surface area contributed by atoms with E-state index in [0.717, 1.165) is 0 Å². The van der Waals surface area contributed by atoms with Crippen LogP contribution in [0.3, 0.4) is 0 Å². The average molecular weight is 188 g/mol. The third-order valence-corrected chi connectivity index (χ3v) is 3.53. The van der Waals surface area contributed by atoms with Crippen LogP contribution in [0.25, 0.3) is 0 Å². The molecule has 1 saturated carbocycles. The Morgan fingerprint density at radius 3 is 2.67 bits per heavy atom. The fourth-order valence-electron chi connectivity index (χ4n) is 1.47. The van der Waals surface area contributed by atoms with Gasteiger partial charge in [-0.05, 0) is 12.8 Å². The molecule has 0 spiro atoms. The summed E-state index contributed by atoms with van der Waals surface area (Å²) >= 11 is 1.74. The molecule has 3 N–H and O–H groups in total. The molecule has 12 heavy (non-hydrogen) atoms. The van der Waals surface area contributed by atoms with E-state index in [1.807, 2.05) is 0 Å². The summed E-state index contributed by atoms with van der Waals surface area (Å²) in [5.41, 5.74) is 2.14. The number of nitrogens with one attached hydrogen (secondary N) is 1. The van der Waals surface area contributed by atoms with Crippen molar-refractivity contribution in [2.75, 3.05) is 5.75 Å². The van der Waals surface area contributed by atoms with E-state index in [-0.39, 0.29) is 5.91 Å². The van der Waals surface area contributed by atoms with Gasteiger partial charge in [-0.25, -0.2) is 5.84 Å². The van der Waals surface area contributed by atoms with Gasteiger partial charge in [-0.2, -0.15) is 0 Å². The van der Waals surface area contributed by atoms with Crippen LogP contribution >= 0.6 is 11.8 Å². The molecule has 1 amide bonds. The molecule has 0 bridgehead atoms. The summed E-state index contributed by atoms with van der Waals surface area (Å²) in [4.78, 5) is 10.8. The van der Waals surface area contributed by atoms with Gasteiger partial charge in [0.15, 0.2) is 0 Å². The molecule has 0 radical (unpaired) electrons. The molecule has 1 aliphatic rings. The Kier molecular flexibility index (Phi) is 4.46. The Bertz CT molecular complexity index is 146. The van der Waals surface area contributed by atoms with E-state index in [2.05, 4.69) is 5.43 Å². The summed E-state index contributed by atoms with van der Waals surface area (Å²) in [6.45, 7) is 0. The molecule has 70 valence electrons. The standard InChI is InChI=1S/C8H16N2OS/c9-10-8(11)6-12-7-4-2-1-3-5-7/h7H,1-6,9H2,(H,10,11). The molecule has 3 nitrogen and oxygen atoms in total. The molecular formula is C8H16N2OS. The largest absolute Gasteiger partial charge is 0.294 e. The maximum absolute atomic E-state index is 10.8. The number of hydrogen-bond acceptors (Lipinski definition) is 3. The van der Waals surface area contributed by atoms with Crippen LogP contribution in [-0.4, -0.2) is 16.9 Å². The first-order chi connectivity index (χ1) is 5.83. The summed E-state index contributed by atoms with van der Waals surface area (Å²) < 4.78 is 0. The first-order valence-electron chi connectivity index (χ1n) is 4.44. The molecule has 0 aliphatic heterocycles.